The second-order valence-corrected chi connectivity index (χ2v) is 10.7. The number of rotatable bonds is 2. The van der Waals surface area contributed by atoms with E-state index >= 15 is 0 Å². The van der Waals surface area contributed by atoms with E-state index in [9.17, 15) is 0 Å². The highest BCUT2D eigenvalue weighted by molar-refractivity contribution is 5.64. The van der Waals surface area contributed by atoms with Crippen LogP contribution in [0.25, 0.3) is 11.1 Å². The molecule has 4 fully saturated rings. The molecular weight excluding hydrogens is 300 g/mol. The van der Waals surface area contributed by atoms with Crippen LogP contribution < -0.4 is 0 Å². The molecule has 2 aromatic carbocycles. The van der Waals surface area contributed by atoms with E-state index in [4.69, 9.17) is 0 Å². The Bertz CT molecular complexity index is 761. The fourth-order valence-corrected chi connectivity index (χ4v) is 8.26. The number of hydrogen-bond donors (Lipinski definition) is 0. The molecule has 0 atom stereocenters. The maximum atomic E-state index is 2.58. The third kappa shape index (κ3) is 2.40. The fourth-order valence-electron chi connectivity index (χ4n) is 8.26. The van der Waals surface area contributed by atoms with Crippen LogP contribution in [0.15, 0.2) is 54.6 Å². The summed E-state index contributed by atoms with van der Waals surface area (Å²) in [5.74, 6) is 0. The summed E-state index contributed by atoms with van der Waals surface area (Å²) in [5, 5.41) is 0. The Morgan fingerprint density at radius 2 is 1.08 bits per heavy atom. The molecule has 4 aliphatic carbocycles. The summed E-state index contributed by atoms with van der Waals surface area (Å²) in [6.45, 7) is 7.74. The molecule has 0 nitrogen and oxygen atoms in total. The van der Waals surface area contributed by atoms with E-state index in [2.05, 4.69) is 75.4 Å². The molecule has 0 unspecified atom stereocenters. The van der Waals surface area contributed by atoms with E-state index in [1.54, 1.807) is 5.56 Å². The van der Waals surface area contributed by atoms with Gasteiger partial charge in [0.1, 0.15) is 0 Å². The molecule has 4 aliphatic rings. The second kappa shape index (κ2) is 4.78. The molecule has 25 heavy (non-hydrogen) atoms. The second-order valence-electron chi connectivity index (χ2n) is 10.7. The predicted molar refractivity (Wildman–Crippen MR) is 106 cm³/mol. The van der Waals surface area contributed by atoms with E-state index in [0.717, 1.165) is 0 Å². The number of hydrogen-bond acceptors (Lipinski definition) is 0. The third-order valence-electron chi connectivity index (χ3n) is 7.44. The molecule has 0 heterocycles. The first-order valence-electron chi connectivity index (χ1n) is 9.97. The van der Waals surface area contributed by atoms with E-state index in [1.807, 2.05) is 0 Å². The summed E-state index contributed by atoms with van der Waals surface area (Å²) in [5.41, 5.74) is 6.37. The molecule has 6 rings (SSSR count). The Kier molecular flexibility index (Phi) is 3.00. The van der Waals surface area contributed by atoms with Crippen molar-refractivity contribution in [2.45, 2.75) is 64.7 Å². The minimum Gasteiger partial charge on any atom is -0.0622 e. The first kappa shape index (κ1) is 15.7. The molecule has 130 valence electrons. The minimum absolute atomic E-state index is 0.401. The first-order chi connectivity index (χ1) is 11.8. The van der Waals surface area contributed by atoms with Crippen molar-refractivity contribution in [1.82, 2.24) is 0 Å². The van der Waals surface area contributed by atoms with Gasteiger partial charge < -0.3 is 0 Å². The molecule has 0 amide bonds. The SMILES string of the molecule is CC12CC3(C)CC(C)(C1)CC(c1cccc(-c4ccccc4)c1)(C2)C3. The van der Waals surface area contributed by atoms with Crippen molar-refractivity contribution in [3.05, 3.63) is 60.2 Å². The van der Waals surface area contributed by atoms with Crippen LogP contribution in [0.5, 0.6) is 0 Å². The summed E-state index contributed by atoms with van der Waals surface area (Å²) in [4.78, 5) is 0. The first-order valence-corrected chi connectivity index (χ1v) is 9.97. The highest BCUT2D eigenvalue weighted by atomic mass is 14.7. The lowest BCUT2D eigenvalue weighted by atomic mass is 9.35. The highest BCUT2D eigenvalue weighted by Crippen LogP contribution is 2.73. The van der Waals surface area contributed by atoms with Gasteiger partial charge in [-0.05, 0) is 76.9 Å². The van der Waals surface area contributed by atoms with Crippen molar-refractivity contribution in [1.29, 1.82) is 0 Å². The van der Waals surface area contributed by atoms with E-state index in [1.165, 1.54) is 49.7 Å². The number of benzene rings is 2. The van der Waals surface area contributed by atoms with Gasteiger partial charge in [0, 0.05) is 0 Å². The Balaban J connectivity index is 1.62. The van der Waals surface area contributed by atoms with E-state index < -0.39 is 0 Å². The summed E-state index contributed by atoms with van der Waals surface area (Å²) in [7, 11) is 0. The largest absolute Gasteiger partial charge is 0.0622 e. The van der Waals surface area contributed by atoms with Gasteiger partial charge in [-0.2, -0.15) is 0 Å². The van der Waals surface area contributed by atoms with Gasteiger partial charge in [-0.1, -0.05) is 75.4 Å². The molecule has 0 radical (unpaired) electrons. The highest BCUT2D eigenvalue weighted by Gasteiger charge is 2.64. The molecule has 2 aromatic rings. The van der Waals surface area contributed by atoms with Gasteiger partial charge in [0.2, 0.25) is 0 Å². The van der Waals surface area contributed by atoms with Gasteiger partial charge >= 0.3 is 0 Å². The lowest BCUT2D eigenvalue weighted by Crippen LogP contribution is -2.60. The summed E-state index contributed by atoms with van der Waals surface area (Å²) < 4.78 is 0. The average Bonchev–Trinajstić information content (AvgIpc) is 2.51. The standard InChI is InChI=1S/C25H30/c1-22-13-23(2)15-24(3,14-22)18-25(16-22,17-23)21-11-7-10-20(12-21)19-8-5-4-6-9-19/h4-12H,13-18H2,1-3H3. The Labute approximate surface area is 152 Å². The van der Waals surface area contributed by atoms with Gasteiger partial charge in [-0.3, -0.25) is 0 Å². The zero-order chi connectivity index (χ0) is 17.3. The molecule has 0 aliphatic heterocycles. The van der Waals surface area contributed by atoms with Crippen LogP contribution in [0.3, 0.4) is 0 Å². The summed E-state index contributed by atoms with van der Waals surface area (Å²) in [6, 6.07) is 20.4. The lowest BCUT2D eigenvalue weighted by molar-refractivity contribution is -0.152. The molecule has 0 saturated heterocycles. The third-order valence-corrected chi connectivity index (χ3v) is 7.44. The average molecular weight is 331 g/mol. The molecule has 0 heteroatoms. The van der Waals surface area contributed by atoms with Crippen molar-refractivity contribution in [3.63, 3.8) is 0 Å². The van der Waals surface area contributed by atoms with Crippen LogP contribution in [-0.2, 0) is 5.41 Å². The van der Waals surface area contributed by atoms with E-state index in [0.29, 0.717) is 21.7 Å². The van der Waals surface area contributed by atoms with Crippen LogP contribution in [0.4, 0.5) is 0 Å². The minimum atomic E-state index is 0.401. The maximum absolute atomic E-state index is 2.58. The Morgan fingerprint density at radius 1 is 0.560 bits per heavy atom. The van der Waals surface area contributed by atoms with Crippen LogP contribution in [0.1, 0.15) is 64.9 Å². The zero-order valence-corrected chi connectivity index (χ0v) is 15.9. The molecule has 0 aromatic heterocycles. The van der Waals surface area contributed by atoms with Crippen LogP contribution >= 0.6 is 0 Å². The van der Waals surface area contributed by atoms with Gasteiger partial charge in [0.15, 0.2) is 0 Å². The quantitative estimate of drug-likeness (QED) is 0.556. The van der Waals surface area contributed by atoms with Crippen LogP contribution in [0, 0.1) is 16.2 Å². The maximum Gasteiger partial charge on any atom is -0.00312 e. The van der Waals surface area contributed by atoms with Gasteiger partial charge in [-0.15, -0.1) is 0 Å². The topological polar surface area (TPSA) is 0 Å². The predicted octanol–water partition coefficient (Wildman–Crippen LogP) is 6.99. The van der Waals surface area contributed by atoms with Gasteiger partial charge in [0.05, 0.1) is 0 Å². The van der Waals surface area contributed by atoms with Gasteiger partial charge in [0.25, 0.3) is 0 Å². The molecule has 0 N–H and O–H groups in total. The summed E-state index contributed by atoms with van der Waals surface area (Å²) in [6.07, 6.45) is 8.50. The zero-order valence-electron chi connectivity index (χ0n) is 15.9. The molecule has 4 saturated carbocycles. The van der Waals surface area contributed by atoms with Crippen LogP contribution in [0.2, 0.25) is 0 Å². The van der Waals surface area contributed by atoms with Gasteiger partial charge in [-0.25, -0.2) is 0 Å². The van der Waals surface area contributed by atoms with Crippen molar-refractivity contribution >= 4 is 0 Å². The molecular formula is C25H30. The van der Waals surface area contributed by atoms with E-state index in [-0.39, 0.29) is 0 Å². The smallest absolute Gasteiger partial charge is 0.00312 e. The normalized spacial score (nSPS) is 41.9. The Hall–Kier alpha value is -1.56. The summed E-state index contributed by atoms with van der Waals surface area (Å²) >= 11 is 0. The van der Waals surface area contributed by atoms with Crippen molar-refractivity contribution in [2.75, 3.05) is 0 Å². The fraction of sp³-hybridized carbons (Fsp3) is 0.520. The lowest BCUT2D eigenvalue weighted by Gasteiger charge is -2.69. The molecule has 4 bridgehead atoms. The monoisotopic (exact) mass is 330 g/mol. The van der Waals surface area contributed by atoms with Crippen molar-refractivity contribution in [3.8, 4) is 11.1 Å². The Morgan fingerprint density at radius 3 is 1.64 bits per heavy atom. The van der Waals surface area contributed by atoms with Crippen LogP contribution in [-0.4, -0.2) is 0 Å². The molecule has 0 spiro atoms. The van der Waals surface area contributed by atoms with Crippen molar-refractivity contribution < 1.29 is 0 Å². The van der Waals surface area contributed by atoms with Crippen molar-refractivity contribution in [2.24, 2.45) is 16.2 Å².